The van der Waals surface area contributed by atoms with Gasteiger partial charge < -0.3 is 11.1 Å². The lowest BCUT2D eigenvalue weighted by Gasteiger charge is -2.06. The molecule has 82 valence electrons. The number of rotatable bonds is 4. The molecule has 1 atom stereocenters. The molecule has 0 aliphatic heterocycles. The zero-order valence-corrected chi connectivity index (χ0v) is 10.1. The number of halogens is 1. The average molecular weight is 272 g/mol. The van der Waals surface area contributed by atoms with Crippen LogP contribution in [-0.2, 0) is 0 Å². The number of nitrogens with one attached hydrogen (secondary N) is 1. The first kappa shape index (κ1) is 12.1. The monoisotopic (exact) mass is 271 g/mol. The van der Waals surface area contributed by atoms with Crippen molar-refractivity contribution in [2.45, 2.75) is 19.4 Å². The maximum absolute atomic E-state index is 11.5. The number of carbonyl (C=O) groups is 1. The van der Waals surface area contributed by atoms with Gasteiger partial charge in [0.05, 0.1) is 0 Å². The first-order valence-electron chi connectivity index (χ1n) is 4.75. The van der Waals surface area contributed by atoms with Crippen LogP contribution in [-0.4, -0.2) is 23.5 Å². The molecule has 1 amide bonds. The molecule has 3 N–H and O–H groups in total. The predicted octanol–water partition coefficient (Wildman–Crippen LogP) is 1.31. The Morgan fingerprint density at radius 2 is 2.40 bits per heavy atom. The zero-order chi connectivity index (χ0) is 11.3. The molecule has 1 aromatic heterocycles. The van der Waals surface area contributed by atoms with Crippen molar-refractivity contribution >= 4 is 21.8 Å². The van der Waals surface area contributed by atoms with Crippen molar-refractivity contribution in [2.75, 3.05) is 6.54 Å². The molecule has 1 heterocycles. The van der Waals surface area contributed by atoms with E-state index in [9.17, 15) is 4.79 Å². The van der Waals surface area contributed by atoms with Gasteiger partial charge in [-0.3, -0.25) is 4.79 Å². The summed E-state index contributed by atoms with van der Waals surface area (Å²) in [5.41, 5.74) is 5.98. The summed E-state index contributed by atoms with van der Waals surface area (Å²) in [6.07, 6.45) is 2.36. The normalized spacial score (nSPS) is 12.2. The quantitative estimate of drug-likeness (QED) is 0.868. The number of nitrogens with zero attached hydrogens (tertiary/aromatic N) is 1. The minimum Gasteiger partial charge on any atom is -0.351 e. The van der Waals surface area contributed by atoms with Crippen molar-refractivity contribution in [3.63, 3.8) is 0 Å². The van der Waals surface area contributed by atoms with Gasteiger partial charge in [0.15, 0.2) is 0 Å². The van der Waals surface area contributed by atoms with Crippen molar-refractivity contribution in [3.05, 3.63) is 28.5 Å². The second kappa shape index (κ2) is 5.82. The Balaban J connectivity index is 2.43. The van der Waals surface area contributed by atoms with E-state index in [4.69, 9.17) is 5.73 Å². The number of amides is 1. The molecule has 1 unspecified atom stereocenters. The van der Waals surface area contributed by atoms with Crippen molar-refractivity contribution in [2.24, 2.45) is 5.73 Å². The van der Waals surface area contributed by atoms with Crippen LogP contribution >= 0.6 is 15.9 Å². The predicted molar refractivity (Wildman–Crippen MR) is 62.5 cm³/mol. The third kappa shape index (κ3) is 4.40. The van der Waals surface area contributed by atoms with Crippen molar-refractivity contribution in [1.29, 1.82) is 0 Å². The molecule has 1 aromatic rings. The summed E-state index contributed by atoms with van der Waals surface area (Å²) in [4.78, 5) is 15.5. The summed E-state index contributed by atoms with van der Waals surface area (Å²) in [5, 5.41) is 2.75. The van der Waals surface area contributed by atoms with Crippen LogP contribution in [0.25, 0.3) is 0 Å². The van der Waals surface area contributed by atoms with E-state index in [0.29, 0.717) is 12.2 Å². The number of hydrogen-bond acceptors (Lipinski definition) is 3. The molecule has 0 saturated heterocycles. The van der Waals surface area contributed by atoms with Gasteiger partial charge in [0.2, 0.25) is 0 Å². The topological polar surface area (TPSA) is 68.0 Å². The van der Waals surface area contributed by atoms with E-state index < -0.39 is 0 Å². The van der Waals surface area contributed by atoms with Crippen LogP contribution in [0.15, 0.2) is 22.8 Å². The van der Waals surface area contributed by atoms with Gasteiger partial charge in [-0.15, -0.1) is 0 Å². The van der Waals surface area contributed by atoms with E-state index in [1.54, 1.807) is 18.3 Å². The summed E-state index contributed by atoms with van der Waals surface area (Å²) in [6.45, 7) is 2.48. The Morgan fingerprint density at radius 1 is 1.67 bits per heavy atom. The molecule has 0 aliphatic carbocycles. The lowest BCUT2D eigenvalue weighted by Crippen LogP contribution is -2.29. The second-order valence-electron chi connectivity index (χ2n) is 3.38. The van der Waals surface area contributed by atoms with E-state index in [1.165, 1.54) is 0 Å². The molecule has 0 aromatic carbocycles. The SMILES string of the molecule is CC(N)CCNC(=O)c1ccc(Br)cn1. The standard InChI is InChI=1S/C10H14BrN3O/c1-7(12)4-5-13-10(15)9-3-2-8(11)6-14-9/h2-3,6-7H,4-5,12H2,1H3,(H,13,15). The third-order valence-corrected chi connectivity index (χ3v) is 2.31. The highest BCUT2D eigenvalue weighted by atomic mass is 79.9. The van der Waals surface area contributed by atoms with Gasteiger partial charge in [-0.05, 0) is 41.4 Å². The lowest BCUT2D eigenvalue weighted by atomic mass is 10.2. The second-order valence-corrected chi connectivity index (χ2v) is 4.30. The third-order valence-electron chi connectivity index (χ3n) is 1.85. The first-order chi connectivity index (χ1) is 7.09. The number of aromatic nitrogens is 1. The smallest absolute Gasteiger partial charge is 0.269 e. The van der Waals surface area contributed by atoms with Gasteiger partial charge in [-0.25, -0.2) is 4.98 Å². The van der Waals surface area contributed by atoms with Crippen LogP contribution in [0.5, 0.6) is 0 Å². The Kier molecular flexibility index (Phi) is 4.71. The highest BCUT2D eigenvalue weighted by Crippen LogP contribution is 2.07. The van der Waals surface area contributed by atoms with Crippen LogP contribution in [0.3, 0.4) is 0 Å². The molecular formula is C10H14BrN3O. The molecule has 0 bridgehead atoms. The van der Waals surface area contributed by atoms with Crippen molar-refractivity contribution < 1.29 is 4.79 Å². The minimum absolute atomic E-state index is 0.100. The minimum atomic E-state index is -0.164. The molecule has 0 radical (unpaired) electrons. The fourth-order valence-corrected chi connectivity index (χ4v) is 1.25. The first-order valence-corrected chi connectivity index (χ1v) is 5.54. The highest BCUT2D eigenvalue weighted by molar-refractivity contribution is 9.10. The average Bonchev–Trinajstić information content (AvgIpc) is 2.18. The lowest BCUT2D eigenvalue weighted by molar-refractivity contribution is 0.0948. The van der Waals surface area contributed by atoms with Crippen LogP contribution < -0.4 is 11.1 Å². The molecule has 0 saturated carbocycles. The molecule has 4 nitrogen and oxygen atoms in total. The number of hydrogen-bond donors (Lipinski definition) is 2. The molecule has 15 heavy (non-hydrogen) atoms. The van der Waals surface area contributed by atoms with Gasteiger partial charge in [-0.2, -0.15) is 0 Å². The highest BCUT2D eigenvalue weighted by Gasteiger charge is 2.05. The number of nitrogens with two attached hydrogens (primary N) is 1. The van der Waals surface area contributed by atoms with E-state index in [0.717, 1.165) is 10.9 Å². The van der Waals surface area contributed by atoms with E-state index in [1.807, 2.05) is 6.92 Å². The summed E-state index contributed by atoms with van der Waals surface area (Å²) in [6, 6.07) is 3.56. The Labute approximate surface area is 97.4 Å². The van der Waals surface area contributed by atoms with Crippen LogP contribution in [0, 0.1) is 0 Å². The van der Waals surface area contributed by atoms with Crippen molar-refractivity contribution in [1.82, 2.24) is 10.3 Å². The van der Waals surface area contributed by atoms with Crippen LogP contribution in [0.4, 0.5) is 0 Å². The summed E-state index contributed by atoms with van der Waals surface area (Å²) < 4.78 is 0.856. The van der Waals surface area contributed by atoms with Gasteiger partial charge in [0.25, 0.3) is 5.91 Å². The molecule has 0 fully saturated rings. The maximum Gasteiger partial charge on any atom is 0.269 e. The summed E-state index contributed by atoms with van der Waals surface area (Å²) in [5.74, 6) is -0.164. The van der Waals surface area contributed by atoms with Gasteiger partial charge in [0.1, 0.15) is 5.69 Å². The van der Waals surface area contributed by atoms with Crippen molar-refractivity contribution in [3.8, 4) is 0 Å². The van der Waals surface area contributed by atoms with Gasteiger partial charge in [-0.1, -0.05) is 0 Å². The van der Waals surface area contributed by atoms with E-state index >= 15 is 0 Å². The van der Waals surface area contributed by atoms with Crippen LogP contribution in [0.2, 0.25) is 0 Å². The fraction of sp³-hybridized carbons (Fsp3) is 0.400. The van der Waals surface area contributed by atoms with E-state index in [-0.39, 0.29) is 11.9 Å². The Bertz CT molecular complexity index is 324. The molecule has 0 spiro atoms. The largest absolute Gasteiger partial charge is 0.351 e. The fourth-order valence-electron chi connectivity index (χ4n) is 1.01. The molecule has 0 aliphatic rings. The Morgan fingerprint density at radius 3 is 2.93 bits per heavy atom. The molecule has 5 heteroatoms. The van der Waals surface area contributed by atoms with Crippen LogP contribution in [0.1, 0.15) is 23.8 Å². The zero-order valence-electron chi connectivity index (χ0n) is 8.53. The molecule has 1 rings (SSSR count). The Hall–Kier alpha value is -0.940. The summed E-state index contributed by atoms with van der Waals surface area (Å²) in [7, 11) is 0. The van der Waals surface area contributed by atoms with Gasteiger partial charge in [0, 0.05) is 23.3 Å². The maximum atomic E-state index is 11.5. The summed E-state index contributed by atoms with van der Waals surface area (Å²) >= 11 is 3.26. The number of carbonyl (C=O) groups excluding carboxylic acids is 1. The van der Waals surface area contributed by atoms with E-state index in [2.05, 4.69) is 26.2 Å². The number of pyridine rings is 1. The molecular weight excluding hydrogens is 258 g/mol. The van der Waals surface area contributed by atoms with Gasteiger partial charge >= 0.3 is 0 Å².